The van der Waals surface area contributed by atoms with Gasteiger partial charge in [-0.05, 0) is 37.6 Å². The maximum Gasteiger partial charge on any atom is 0.347 e. The number of ether oxygens (including phenoxy) is 3. The number of benzene rings is 1. The highest BCUT2D eigenvalue weighted by atomic mass is 16.6. The summed E-state index contributed by atoms with van der Waals surface area (Å²) in [6.45, 7) is 7.69. The van der Waals surface area contributed by atoms with Gasteiger partial charge in [0.25, 0.3) is 0 Å². The lowest BCUT2D eigenvalue weighted by Gasteiger charge is -2.18. The largest absolute Gasteiger partial charge is 0.493 e. The fourth-order valence-corrected chi connectivity index (χ4v) is 1.88. The van der Waals surface area contributed by atoms with E-state index in [1.165, 1.54) is 0 Å². The SMILES string of the molecule is CCNCc1ccc(OC)c(OC(CC)C(=O)OCC)c1. The summed E-state index contributed by atoms with van der Waals surface area (Å²) in [6, 6.07) is 5.71. The second-order valence-corrected chi connectivity index (χ2v) is 4.53. The highest BCUT2D eigenvalue weighted by Crippen LogP contribution is 2.29. The van der Waals surface area contributed by atoms with Crippen molar-refractivity contribution in [1.82, 2.24) is 5.32 Å². The lowest BCUT2D eigenvalue weighted by molar-refractivity contribution is -0.151. The number of methoxy groups -OCH3 is 1. The van der Waals surface area contributed by atoms with Gasteiger partial charge >= 0.3 is 5.97 Å². The molecule has 0 aliphatic rings. The molecule has 5 nitrogen and oxygen atoms in total. The van der Waals surface area contributed by atoms with E-state index >= 15 is 0 Å². The van der Waals surface area contributed by atoms with Crippen LogP contribution in [0, 0.1) is 0 Å². The molecule has 0 aliphatic carbocycles. The first-order valence-corrected chi connectivity index (χ1v) is 7.37. The number of carbonyl (C=O) groups is 1. The van der Waals surface area contributed by atoms with E-state index in [0.29, 0.717) is 24.5 Å². The van der Waals surface area contributed by atoms with E-state index in [-0.39, 0.29) is 5.97 Å². The smallest absolute Gasteiger partial charge is 0.347 e. The molecule has 0 saturated carbocycles. The zero-order valence-corrected chi connectivity index (χ0v) is 13.3. The third kappa shape index (κ3) is 5.27. The Morgan fingerprint density at radius 2 is 2.00 bits per heavy atom. The van der Waals surface area contributed by atoms with E-state index in [1.807, 2.05) is 25.1 Å². The fourth-order valence-electron chi connectivity index (χ4n) is 1.88. The van der Waals surface area contributed by atoms with Crippen LogP contribution in [-0.4, -0.2) is 32.3 Å². The standard InChI is InChI=1S/C16H25NO4/c1-5-13(16(18)20-7-3)21-15-10-12(11-17-6-2)8-9-14(15)19-4/h8-10,13,17H,5-7,11H2,1-4H3. The first-order chi connectivity index (χ1) is 10.2. The summed E-state index contributed by atoms with van der Waals surface area (Å²) >= 11 is 0. The first kappa shape index (κ1) is 17.3. The molecule has 5 heteroatoms. The summed E-state index contributed by atoms with van der Waals surface area (Å²) in [5, 5.41) is 3.25. The van der Waals surface area contributed by atoms with Crippen LogP contribution >= 0.6 is 0 Å². The highest BCUT2D eigenvalue weighted by molar-refractivity contribution is 5.75. The lowest BCUT2D eigenvalue weighted by atomic mass is 10.2. The van der Waals surface area contributed by atoms with Gasteiger partial charge in [-0.3, -0.25) is 0 Å². The van der Waals surface area contributed by atoms with Crippen LogP contribution in [0.3, 0.4) is 0 Å². The van der Waals surface area contributed by atoms with Crippen LogP contribution in [0.25, 0.3) is 0 Å². The predicted octanol–water partition coefficient (Wildman–Crippen LogP) is 2.53. The van der Waals surface area contributed by atoms with Crippen molar-refractivity contribution in [3.05, 3.63) is 23.8 Å². The van der Waals surface area contributed by atoms with Crippen LogP contribution in [0.2, 0.25) is 0 Å². The van der Waals surface area contributed by atoms with Crippen LogP contribution < -0.4 is 14.8 Å². The maximum absolute atomic E-state index is 11.8. The van der Waals surface area contributed by atoms with Crippen molar-refractivity contribution in [3.63, 3.8) is 0 Å². The van der Waals surface area contributed by atoms with Crippen molar-refractivity contribution < 1.29 is 19.0 Å². The van der Waals surface area contributed by atoms with Crippen LogP contribution in [0.1, 0.15) is 32.8 Å². The van der Waals surface area contributed by atoms with E-state index in [9.17, 15) is 4.79 Å². The number of esters is 1. The third-order valence-electron chi connectivity index (χ3n) is 3.00. The van der Waals surface area contributed by atoms with Gasteiger partial charge in [0.2, 0.25) is 0 Å². The molecule has 0 radical (unpaired) electrons. The topological polar surface area (TPSA) is 56.8 Å². The van der Waals surface area contributed by atoms with Gasteiger partial charge in [-0.25, -0.2) is 4.79 Å². The van der Waals surface area contributed by atoms with Crippen LogP contribution in [0.4, 0.5) is 0 Å². The maximum atomic E-state index is 11.8. The molecule has 0 aliphatic heterocycles. The Morgan fingerprint density at radius 1 is 1.24 bits per heavy atom. The molecule has 0 saturated heterocycles. The van der Waals surface area contributed by atoms with Gasteiger partial charge in [0.15, 0.2) is 17.6 Å². The lowest BCUT2D eigenvalue weighted by Crippen LogP contribution is -2.29. The zero-order chi connectivity index (χ0) is 15.7. The number of nitrogens with one attached hydrogen (secondary N) is 1. The predicted molar refractivity (Wildman–Crippen MR) is 81.7 cm³/mol. The van der Waals surface area contributed by atoms with Crippen LogP contribution in [0.15, 0.2) is 18.2 Å². The van der Waals surface area contributed by atoms with Crippen molar-refractivity contribution in [2.45, 2.75) is 39.8 Å². The molecule has 1 unspecified atom stereocenters. The van der Waals surface area contributed by atoms with Gasteiger partial charge < -0.3 is 19.5 Å². The Bertz CT molecular complexity index is 448. The van der Waals surface area contributed by atoms with Crippen molar-refractivity contribution in [1.29, 1.82) is 0 Å². The molecule has 118 valence electrons. The van der Waals surface area contributed by atoms with Gasteiger partial charge in [-0.15, -0.1) is 0 Å². The molecular weight excluding hydrogens is 270 g/mol. The summed E-state index contributed by atoms with van der Waals surface area (Å²) in [5.74, 6) is 0.824. The Labute approximate surface area is 126 Å². The van der Waals surface area contributed by atoms with E-state index in [2.05, 4.69) is 12.2 Å². The van der Waals surface area contributed by atoms with Gasteiger partial charge in [-0.2, -0.15) is 0 Å². The van der Waals surface area contributed by atoms with Gasteiger partial charge in [0.1, 0.15) is 0 Å². The molecule has 21 heavy (non-hydrogen) atoms. The molecule has 1 rings (SSSR count). The number of carbonyl (C=O) groups excluding carboxylic acids is 1. The Morgan fingerprint density at radius 3 is 2.57 bits per heavy atom. The zero-order valence-electron chi connectivity index (χ0n) is 13.3. The van der Waals surface area contributed by atoms with Crippen LogP contribution in [0.5, 0.6) is 11.5 Å². The molecule has 0 fully saturated rings. The minimum atomic E-state index is -0.617. The Balaban J connectivity index is 2.89. The summed E-state index contributed by atoms with van der Waals surface area (Å²) in [6.07, 6.45) is -0.0763. The molecule has 0 heterocycles. The molecule has 0 bridgehead atoms. The second-order valence-electron chi connectivity index (χ2n) is 4.53. The van der Waals surface area contributed by atoms with Gasteiger partial charge in [0, 0.05) is 6.54 Å². The monoisotopic (exact) mass is 295 g/mol. The average molecular weight is 295 g/mol. The third-order valence-corrected chi connectivity index (χ3v) is 3.00. The quantitative estimate of drug-likeness (QED) is 0.709. The number of rotatable bonds is 9. The van der Waals surface area contributed by atoms with Crippen molar-refractivity contribution in [3.8, 4) is 11.5 Å². The van der Waals surface area contributed by atoms with Crippen LogP contribution in [-0.2, 0) is 16.1 Å². The second kappa shape index (κ2) is 9.23. The highest BCUT2D eigenvalue weighted by Gasteiger charge is 2.21. The van der Waals surface area contributed by atoms with Crippen molar-refractivity contribution in [2.24, 2.45) is 0 Å². The first-order valence-electron chi connectivity index (χ1n) is 7.37. The summed E-state index contributed by atoms with van der Waals surface area (Å²) in [7, 11) is 1.58. The minimum absolute atomic E-state index is 0.344. The Kier molecular flexibility index (Phi) is 7.61. The molecule has 1 atom stereocenters. The summed E-state index contributed by atoms with van der Waals surface area (Å²) in [4.78, 5) is 11.8. The van der Waals surface area contributed by atoms with E-state index < -0.39 is 6.10 Å². The van der Waals surface area contributed by atoms with E-state index in [0.717, 1.165) is 18.7 Å². The molecule has 1 N–H and O–H groups in total. The average Bonchev–Trinajstić information content (AvgIpc) is 2.50. The molecular formula is C16H25NO4. The normalized spacial score (nSPS) is 11.8. The molecule has 0 aromatic heterocycles. The molecule has 0 amide bonds. The number of hydrogen-bond acceptors (Lipinski definition) is 5. The van der Waals surface area contributed by atoms with Crippen molar-refractivity contribution >= 4 is 5.97 Å². The van der Waals surface area contributed by atoms with Gasteiger partial charge in [-0.1, -0.05) is 19.9 Å². The molecule has 1 aromatic rings. The fraction of sp³-hybridized carbons (Fsp3) is 0.562. The van der Waals surface area contributed by atoms with Gasteiger partial charge in [0.05, 0.1) is 13.7 Å². The van der Waals surface area contributed by atoms with Crippen molar-refractivity contribution in [2.75, 3.05) is 20.3 Å². The Hall–Kier alpha value is -1.75. The minimum Gasteiger partial charge on any atom is -0.493 e. The molecule has 1 aromatic carbocycles. The van der Waals surface area contributed by atoms with E-state index in [4.69, 9.17) is 14.2 Å². The summed E-state index contributed by atoms with van der Waals surface area (Å²) in [5.41, 5.74) is 1.08. The number of hydrogen-bond donors (Lipinski definition) is 1. The van der Waals surface area contributed by atoms with E-state index in [1.54, 1.807) is 14.0 Å². The molecule has 0 spiro atoms. The summed E-state index contributed by atoms with van der Waals surface area (Å²) < 4.78 is 16.1.